The van der Waals surface area contributed by atoms with Crippen molar-refractivity contribution in [1.82, 2.24) is 19.7 Å². The second kappa shape index (κ2) is 6.24. The highest BCUT2D eigenvalue weighted by Gasteiger charge is 2.31. The van der Waals surface area contributed by atoms with Crippen LogP contribution in [0.5, 0.6) is 0 Å². The molecule has 1 aromatic heterocycles. The lowest BCUT2D eigenvalue weighted by atomic mass is 10.00. The van der Waals surface area contributed by atoms with Crippen molar-refractivity contribution in [3.05, 3.63) is 41.2 Å². The van der Waals surface area contributed by atoms with Crippen LogP contribution < -0.4 is 0 Å². The number of nitrogens with zero attached hydrogens (tertiary/aromatic N) is 4. The maximum absolute atomic E-state index is 12.9. The maximum atomic E-state index is 12.9. The number of hydrogen-bond acceptors (Lipinski definition) is 4. The Morgan fingerprint density at radius 3 is 2.75 bits per heavy atom. The highest BCUT2D eigenvalue weighted by Crippen LogP contribution is 2.39. The van der Waals surface area contributed by atoms with Crippen molar-refractivity contribution in [3.8, 4) is 0 Å². The summed E-state index contributed by atoms with van der Waals surface area (Å²) in [4.78, 5) is 14.8. The summed E-state index contributed by atoms with van der Waals surface area (Å²) in [5, 5.41) is 9.23. The van der Waals surface area contributed by atoms with E-state index in [1.165, 1.54) is 24.0 Å². The van der Waals surface area contributed by atoms with E-state index in [9.17, 15) is 4.79 Å². The van der Waals surface area contributed by atoms with Gasteiger partial charge in [-0.15, -0.1) is 10.2 Å². The van der Waals surface area contributed by atoms with Crippen molar-refractivity contribution in [2.24, 2.45) is 0 Å². The summed E-state index contributed by atoms with van der Waals surface area (Å²) in [6.45, 7) is 5.49. The molecule has 0 unspecified atom stereocenters. The molecular formula is C18H22N4OS. The van der Waals surface area contributed by atoms with Crippen LogP contribution in [0.4, 0.5) is 0 Å². The highest BCUT2D eigenvalue weighted by molar-refractivity contribution is 8.00. The Balaban J connectivity index is 1.45. The lowest BCUT2D eigenvalue weighted by Crippen LogP contribution is -2.40. The number of hydrogen-bond donors (Lipinski definition) is 0. The van der Waals surface area contributed by atoms with Crippen molar-refractivity contribution in [2.45, 2.75) is 56.1 Å². The van der Waals surface area contributed by atoms with Gasteiger partial charge in [-0.1, -0.05) is 36.0 Å². The van der Waals surface area contributed by atoms with Gasteiger partial charge in [0.2, 0.25) is 5.91 Å². The second-order valence-corrected chi connectivity index (χ2v) is 7.98. The van der Waals surface area contributed by atoms with Gasteiger partial charge in [-0.2, -0.15) is 0 Å². The minimum Gasteiger partial charge on any atom is -0.337 e. The highest BCUT2D eigenvalue weighted by atomic mass is 32.2. The largest absolute Gasteiger partial charge is 0.337 e. The zero-order valence-electron chi connectivity index (χ0n) is 14.1. The molecule has 2 aromatic rings. The Morgan fingerprint density at radius 2 is 2.00 bits per heavy atom. The summed E-state index contributed by atoms with van der Waals surface area (Å²) < 4.78 is 2.19. The van der Waals surface area contributed by atoms with E-state index in [-0.39, 0.29) is 11.2 Å². The van der Waals surface area contributed by atoms with Gasteiger partial charge in [-0.25, -0.2) is 0 Å². The Labute approximate surface area is 146 Å². The molecule has 1 amide bonds. The van der Waals surface area contributed by atoms with E-state index in [1.807, 2.05) is 24.8 Å². The molecule has 24 heavy (non-hydrogen) atoms. The standard InChI is InChI=1S/C18H22N4OS/c1-12(24-18-20-19-13(2)22(18)16-7-8-16)17(23)21-10-9-14-5-3-4-6-15(14)11-21/h3-6,12,16H,7-11H2,1-2H3/t12-/m0/s1. The molecular weight excluding hydrogens is 320 g/mol. The first-order valence-corrected chi connectivity index (χ1v) is 9.45. The Bertz CT molecular complexity index is 768. The van der Waals surface area contributed by atoms with Gasteiger partial charge < -0.3 is 9.47 Å². The molecule has 1 atom stereocenters. The molecule has 126 valence electrons. The van der Waals surface area contributed by atoms with E-state index in [0.29, 0.717) is 12.6 Å². The molecule has 2 aliphatic rings. The zero-order valence-corrected chi connectivity index (χ0v) is 14.9. The van der Waals surface area contributed by atoms with Crippen molar-refractivity contribution < 1.29 is 4.79 Å². The minimum absolute atomic E-state index is 0.142. The van der Waals surface area contributed by atoms with Crippen molar-refractivity contribution in [2.75, 3.05) is 6.54 Å². The molecule has 5 nitrogen and oxygen atoms in total. The number of carbonyl (C=O) groups is 1. The normalized spacial score (nSPS) is 18.3. The molecule has 4 rings (SSSR count). The number of aryl methyl sites for hydroxylation is 1. The SMILES string of the molecule is Cc1nnc(S[C@@H](C)C(=O)N2CCc3ccccc3C2)n1C1CC1. The van der Waals surface area contributed by atoms with Crippen LogP contribution >= 0.6 is 11.8 Å². The van der Waals surface area contributed by atoms with E-state index in [2.05, 4.69) is 33.0 Å². The third-order valence-electron chi connectivity index (χ3n) is 4.82. The van der Waals surface area contributed by atoms with Gasteiger partial charge in [0.25, 0.3) is 0 Å². The summed E-state index contributed by atoms with van der Waals surface area (Å²) in [5.41, 5.74) is 2.64. The van der Waals surface area contributed by atoms with E-state index >= 15 is 0 Å². The number of thioether (sulfide) groups is 1. The van der Waals surface area contributed by atoms with Crippen LogP contribution in [0.1, 0.15) is 42.8 Å². The molecule has 2 heterocycles. The molecule has 0 spiro atoms. The summed E-state index contributed by atoms with van der Waals surface area (Å²) in [6, 6.07) is 8.94. The summed E-state index contributed by atoms with van der Waals surface area (Å²) >= 11 is 1.54. The fourth-order valence-electron chi connectivity index (χ4n) is 3.33. The summed E-state index contributed by atoms with van der Waals surface area (Å²) in [5.74, 6) is 1.14. The van der Waals surface area contributed by atoms with Crippen LogP contribution in [0.15, 0.2) is 29.4 Å². The van der Waals surface area contributed by atoms with Crippen LogP contribution in [-0.4, -0.2) is 37.4 Å². The smallest absolute Gasteiger partial charge is 0.236 e. The molecule has 6 heteroatoms. The fourth-order valence-corrected chi connectivity index (χ4v) is 4.38. The Kier molecular flexibility index (Phi) is 4.08. The van der Waals surface area contributed by atoms with E-state index in [4.69, 9.17) is 0 Å². The van der Waals surface area contributed by atoms with Gasteiger partial charge >= 0.3 is 0 Å². The third kappa shape index (κ3) is 2.95. The molecule has 1 fully saturated rings. The first-order valence-electron chi connectivity index (χ1n) is 8.57. The zero-order chi connectivity index (χ0) is 16.7. The topological polar surface area (TPSA) is 51.0 Å². The lowest BCUT2D eigenvalue weighted by molar-refractivity contribution is -0.131. The van der Waals surface area contributed by atoms with E-state index in [1.54, 1.807) is 11.8 Å². The van der Waals surface area contributed by atoms with Gasteiger partial charge in [0.1, 0.15) is 5.82 Å². The molecule has 0 saturated heterocycles. The second-order valence-electron chi connectivity index (χ2n) is 6.67. The predicted octanol–water partition coefficient (Wildman–Crippen LogP) is 2.99. The van der Waals surface area contributed by atoms with Crippen LogP contribution in [0.25, 0.3) is 0 Å². The van der Waals surface area contributed by atoms with Crippen LogP contribution in [-0.2, 0) is 17.8 Å². The lowest BCUT2D eigenvalue weighted by Gasteiger charge is -2.30. The average molecular weight is 342 g/mol. The predicted molar refractivity (Wildman–Crippen MR) is 93.9 cm³/mol. The number of fused-ring (bicyclic) bond motifs is 1. The Hall–Kier alpha value is -1.82. The molecule has 1 aliphatic carbocycles. The number of carbonyl (C=O) groups excluding carboxylic acids is 1. The summed E-state index contributed by atoms with van der Waals surface area (Å²) in [6.07, 6.45) is 3.33. The van der Waals surface area contributed by atoms with E-state index < -0.39 is 0 Å². The van der Waals surface area contributed by atoms with Crippen LogP contribution in [0.3, 0.4) is 0 Å². The van der Waals surface area contributed by atoms with Crippen molar-refractivity contribution >= 4 is 17.7 Å². The van der Waals surface area contributed by atoms with Gasteiger partial charge in [0.15, 0.2) is 5.16 Å². The first-order chi connectivity index (χ1) is 11.6. The van der Waals surface area contributed by atoms with E-state index in [0.717, 1.165) is 23.9 Å². The Morgan fingerprint density at radius 1 is 1.25 bits per heavy atom. The quantitative estimate of drug-likeness (QED) is 0.802. The fraction of sp³-hybridized carbons (Fsp3) is 0.500. The maximum Gasteiger partial charge on any atom is 0.236 e. The third-order valence-corrected chi connectivity index (χ3v) is 5.86. The van der Waals surface area contributed by atoms with Crippen LogP contribution in [0, 0.1) is 6.92 Å². The van der Waals surface area contributed by atoms with Crippen LogP contribution in [0.2, 0.25) is 0 Å². The van der Waals surface area contributed by atoms with Crippen molar-refractivity contribution in [1.29, 1.82) is 0 Å². The van der Waals surface area contributed by atoms with Gasteiger partial charge in [0, 0.05) is 19.1 Å². The minimum atomic E-state index is -0.142. The van der Waals surface area contributed by atoms with Crippen molar-refractivity contribution in [3.63, 3.8) is 0 Å². The monoisotopic (exact) mass is 342 g/mol. The molecule has 1 aromatic carbocycles. The number of amides is 1. The molecule has 0 radical (unpaired) electrons. The van der Waals surface area contributed by atoms with Gasteiger partial charge in [0.05, 0.1) is 5.25 Å². The number of rotatable bonds is 4. The molecule has 1 saturated carbocycles. The first kappa shape index (κ1) is 15.7. The van der Waals surface area contributed by atoms with Gasteiger partial charge in [-0.3, -0.25) is 4.79 Å². The average Bonchev–Trinajstić information content (AvgIpc) is 3.37. The molecule has 0 bridgehead atoms. The number of aromatic nitrogens is 3. The molecule has 1 aliphatic heterocycles. The summed E-state index contributed by atoms with van der Waals surface area (Å²) in [7, 11) is 0. The molecule has 0 N–H and O–H groups in total. The van der Waals surface area contributed by atoms with Gasteiger partial charge in [-0.05, 0) is 44.2 Å². The number of benzene rings is 1.